The normalized spacial score (nSPS) is 9.82. The first kappa shape index (κ1) is 16.1. The molecule has 0 bridgehead atoms. The quantitative estimate of drug-likeness (QED) is 0.331. The number of ether oxygens (including phenoxy) is 1. The molecule has 0 atom stereocenters. The minimum atomic E-state index is -0.850. The number of amides is 1. The highest BCUT2D eigenvalue weighted by Crippen LogP contribution is 2.04. The summed E-state index contributed by atoms with van der Waals surface area (Å²) in [4.78, 5) is 27.0. The van der Waals surface area contributed by atoms with Crippen LogP contribution in [0, 0.1) is 0 Å². The van der Waals surface area contributed by atoms with E-state index in [4.69, 9.17) is 9.57 Å². The van der Waals surface area contributed by atoms with Crippen molar-refractivity contribution in [3.05, 3.63) is 0 Å². The molecule has 6 heteroatoms. The number of carbonyl (C=O) groups excluding carboxylic acids is 2. The first-order chi connectivity index (χ1) is 8.11. The highest BCUT2D eigenvalue weighted by atomic mass is 32.1. The Labute approximate surface area is 108 Å². The number of nitrogens with zero attached hydrogens (tertiary/aromatic N) is 1. The van der Waals surface area contributed by atoms with Crippen LogP contribution >= 0.6 is 12.6 Å². The fraction of sp³-hybridized carbons (Fsp3) is 0.818. The van der Waals surface area contributed by atoms with Gasteiger partial charge < -0.3 is 9.57 Å². The van der Waals surface area contributed by atoms with Crippen molar-refractivity contribution in [1.82, 2.24) is 5.06 Å². The van der Waals surface area contributed by atoms with Crippen LogP contribution in [0.2, 0.25) is 0 Å². The van der Waals surface area contributed by atoms with Crippen LogP contribution in [-0.2, 0) is 9.57 Å². The standard InChI is InChI=1S/C11H21NO4S/c1-3-5-7-8-12(10(13)17)16-11(14)15-9-6-4-2/h3-9H2,1-2H3,(H,13,17). The minimum absolute atomic E-state index is 0.304. The van der Waals surface area contributed by atoms with E-state index in [-0.39, 0.29) is 0 Å². The Kier molecular flexibility index (Phi) is 9.71. The van der Waals surface area contributed by atoms with Gasteiger partial charge >= 0.3 is 11.4 Å². The van der Waals surface area contributed by atoms with Crippen molar-refractivity contribution in [3.63, 3.8) is 0 Å². The molecular weight excluding hydrogens is 242 g/mol. The number of thiol groups is 1. The van der Waals surface area contributed by atoms with E-state index in [1.54, 1.807) is 0 Å². The summed E-state index contributed by atoms with van der Waals surface area (Å²) in [6.45, 7) is 4.69. The van der Waals surface area contributed by atoms with Gasteiger partial charge in [-0.2, -0.15) is 5.06 Å². The van der Waals surface area contributed by atoms with Gasteiger partial charge in [-0.05, 0) is 12.8 Å². The molecule has 0 aromatic carbocycles. The van der Waals surface area contributed by atoms with Gasteiger partial charge in [0.15, 0.2) is 0 Å². The zero-order valence-electron chi connectivity index (χ0n) is 10.5. The number of hydrogen-bond acceptors (Lipinski definition) is 4. The summed E-state index contributed by atoms with van der Waals surface area (Å²) >= 11 is 3.63. The lowest BCUT2D eigenvalue weighted by Crippen LogP contribution is -2.31. The van der Waals surface area contributed by atoms with E-state index in [0.717, 1.165) is 37.2 Å². The summed E-state index contributed by atoms with van der Waals surface area (Å²) in [5.41, 5.74) is 0. The van der Waals surface area contributed by atoms with Gasteiger partial charge in [-0.3, -0.25) is 4.79 Å². The van der Waals surface area contributed by atoms with E-state index < -0.39 is 11.4 Å². The Bertz CT molecular complexity index is 236. The number of hydroxylamine groups is 2. The molecule has 0 radical (unpaired) electrons. The molecule has 0 spiro atoms. The SMILES string of the molecule is CCCCCN(OC(=O)OCCCC)C(=O)S. The molecule has 0 saturated carbocycles. The number of carbonyl (C=O) groups is 2. The van der Waals surface area contributed by atoms with E-state index in [1.165, 1.54) is 0 Å². The highest BCUT2D eigenvalue weighted by molar-refractivity contribution is 7.96. The molecule has 100 valence electrons. The molecule has 0 aromatic heterocycles. The maximum Gasteiger partial charge on any atom is 0.533 e. The Balaban J connectivity index is 3.89. The van der Waals surface area contributed by atoms with Crippen molar-refractivity contribution < 1.29 is 19.2 Å². The van der Waals surface area contributed by atoms with Crippen LogP contribution in [0.5, 0.6) is 0 Å². The summed E-state index contributed by atoms with van der Waals surface area (Å²) < 4.78 is 4.78. The van der Waals surface area contributed by atoms with Crippen LogP contribution in [0.15, 0.2) is 0 Å². The van der Waals surface area contributed by atoms with E-state index >= 15 is 0 Å². The summed E-state index contributed by atoms with van der Waals surface area (Å²) in [7, 11) is 0. The summed E-state index contributed by atoms with van der Waals surface area (Å²) in [6, 6.07) is 0. The molecule has 0 unspecified atom stereocenters. The topological polar surface area (TPSA) is 55.8 Å². The van der Waals surface area contributed by atoms with E-state index in [1.807, 2.05) is 13.8 Å². The molecule has 0 fully saturated rings. The Morgan fingerprint density at radius 1 is 1.12 bits per heavy atom. The third kappa shape index (κ3) is 8.85. The monoisotopic (exact) mass is 263 g/mol. The Hall–Kier alpha value is -0.910. The fourth-order valence-corrected chi connectivity index (χ4v) is 1.24. The zero-order valence-corrected chi connectivity index (χ0v) is 11.4. The zero-order chi connectivity index (χ0) is 13.1. The number of hydrogen-bond donors (Lipinski definition) is 1. The van der Waals surface area contributed by atoms with Crippen LogP contribution in [0.3, 0.4) is 0 Å². The molecule has 0 aliphatic carbocycles. The van der Waals surface area contributed by atoms with Gasteiger partial charge in [0, 0.05) is 0 Å². The van der Waals surface area contributed by atoms with Crippen LogP contribution in [0.1, 0.15) is 46.0 Å². The third-order valence-corrected chi connectivity index (χ3v) is 2.30. The molecule has 0 aliphatic heterocycles. The van der Waals surface area contributed by atoms with E-state index in [9.17, 15) is 9.59 Å². The largest absolute Gasteiger partial charge is 0.533 e. The van der Waals surface area contributed by atoms with Gasteiger partial charge in [-0.15, -0.1) is 0 Å². The van der Waals surface area contributed by atoms with Gasteiger partial charge in [0.2, 0.25) is 0 Å². The van der Waals surface area contributed by atoms with Crippen LogP contribution in [0.4, 0.5) is 9.59 Å². The van der Waals surface area contributed by atoms with Crippen molar-refractivity contribution >= 4 is 24.0 Å². The molecule has 1 amide bonds. The number of unbranched alkanes of at least 4 members (excludes halogenated alkanes) is 3. The molecule has 0 rings (SSSR count). The van der Waals surface area contributed by atoms with Crippen molar-refractivity contribution in [2.24, 2.45) is 0 Å². The fourth-order valence-electron chi connectivity index (χ4n) is 1.10. The molecule has 0 aromatic rings. The predicted octanol–water partition coefficient (Wildman–Crippen LogP) is 3.40. The van der Waals surface area contributed by atoms with Crippen LogP contribution in [-0.4, -0.2) is 29.6 Å². The lowest BCUT2D eigenvalue weighted by Gasteiger charge is -2.18. The predicted molar refractivity (Wildman–Crippen MR) is 68.0 cm³/mol. The van der Waals surface area contributed by atoms with Crippen LogP contribution in [0.25, 0.3) is 0 Å². The second-order valence-electron chi connectivity index (χ2n) is 3.64. The summed E-state index contributed by atoms with van der Waals surface area (Å²) in [5.74, 6) is 0. The van der Waals surface area contributed by atoms with Crippen molar-refractivity contribution in [1.29, 1.82) is 0 Å². The lowest BCUT2D eigenvalue weighted by molar-refractivity contribution is -0.0853. The number of rotatable bonds is 7. The van der Waals surface area contributed by atoms with E-state index in [0.29, 0.717) is 13.2 Å². The molecule has 5 nitrogen and oxygen atoms in total. The Morgan fingerprint density at radius 3 is 2.29 bits per heavy atom. The average molecular weight is 263 g/mol. The average Bonchev–Trinajstić information content (AvgIpc) is 2.28. The van der Waals surface area contributed by atoms with Crippen molar-refractivity contribution in [2.45, 2.75) is 46.0 Å². The first-order valence-corrected chi connectivity index (χ1v) is 6.41. The third-order valence-electron chi connectivity index (χ3n) is 2.08. The molecule has 0 heterocycles. The highest BCUT2D eigenvalue weighted by Gasteiger charge is 2.16. The lowest BCUT2D eigenvalue weighted by atomic mass is 10.2. The van der Waals surface area contributed by atoms with Gasteiger partial charge in [0.25, 0.3) is 0 Å². The Morgan fingerprint density at radius 2 is 1.76 bits per heavy atom. The van der Waals surface area contributed by atoms with Gasteiger partial charge in [0.05, 0.1) is 13.2 Å². The first-order valence-electron chi connectivity index (χ1n) is 5.97. The van der Waals surface area contributed by atoms with Gasteiger partial charge in [-0.1, -0.05) is 45.7 Å². The van der Waals surface area contributed by atoms with Crippen LogP contribution < -0.4 is 0 Å². The van der Waals surface area contributed by atoms with Crippen molar-refractivity contribution in [2.75, 3.05) is 13.2 Å². The van der Waals surface area contributed by atoms with Crippen molar-refractivity contribution in [3.8, 4) is 0 Å². The molecular formula is C11H21NO4S. The molecule has 0 saturated heterocycles. The summed E-state index contributed by atoms with van der Waals surface area (Å²) in [5, 5.41) is 0.334. The minimum Gasteiger partial charge on any atom is -0.433 e. The second kappa shape index (κ2) is 10.3. The summed E-state index contributed by atoms with van der Waals surface area (Å²) in [6.07, 6.45) is 3.61. The van der Waals surface area contributed by atoms with E-state index in [2.05, 4.69) is 12.6 Å². The van der Waals surface area contributed by atoms with Gasteiger partial charge in [-0.25, -0.2) is 4.79 Å². The second-order valence-corrected chi connectivity index (χ2v) is 4.02. The molecule has 17 heavy (non-hydrogen) atoms. The maximum absolute atomic E-state index is 11.2. The maximum atomic E-state index is 11.2. The molecule has 0 N–H and O–H groups in total. The smallest absolute Gasteiger partial charge is 0.433 e. The van der Waals surface area contributed by atoms with Gasteiger partial charge in [0.1, 0.15) is 0 Å². The molecule has 0 aliphatic rings.